The first-order valence-electron chi connectivity index (χ1n) is 10.5. The van der Waals surface area contributed by atoms with Gasteiger partial charge in [-0.05, 0) is 58.2 Å². The van der Waals surface area contributed by atoms with Crippen LogP contribution in [-0.4, -0.2) is 60.6 Å². The van der Waals surface area contributed by atoms with E-state index in [9.17, 15) is 14.4 Å². The number of benzene rings is 1. The maximum absolute atomic E-state index is 12.3. The Balaban J connectivity index is 1.56. The zero-order valence-electron chi connectivity index (χ0n) is 18.2. The lowest BCUT2D eigenvalue weighted by Gasteiger charge is -2.38. The number of imide groups is 1. The molecule has 164 valence electrons. The molecule has 2 fully saturated rings. The van der Waals surface area contributed by atoms with Crippen LogP contribution in [0, 0.1) is 0 Å². The van der Waals surface area contributed by atoms with Crippen LogP contribution in [0.4, 0.5) is 16.2 Å². The van der Waals surface area contributed by atoms with E-state index in [4.69, 9.17) is 4.74 Å². The van der Waals surface area contributed by atoms with Crippen molar-refractivity contribution in [2.24, 2.45) is 0 Å². The minimum atomic E-state index is -0.498. The first-order chi connectivity index (χ1) is 14.1. The molecule has 1 unspecified atom stereocenters. The normalized spacial score (nSPS) is 20.5. The summed E-state index contributed by atoms with van der Waals surface area (Å²) in [6.45, 7) is 7.28. The zero-order valence-corrected chi connectivity index (χ0v) is 18.2. The fourth-order valence-electron chi connectivity index (χ4n) is 3.82. The summed E-state index contributed by atoms with van der Waals surface area (Å²) in [6, 6.07) is 7.72. The number of nitrogens with one attached hydrogen (secondary N) is 2. The molecule has 3 amide bonds. The molecular formula is C22H32N4O4. The third kappa shape index (κ3) is 5.64. The Hall–Kier alpha value is -2.77. The summed E-state index contributed by atoms with van der Waals surface area (Å²) in [5, 5.41) is 5.61. The van der Waals surface area contributed by atoms with E-state index < -0.39 is 11.6 Å². The van der Waals surface area contributed by atoms with E-state index in [1.54, 1.807) is 11.9 Å². The predicted octanol–water partition coefficient (Wildman–Crippen LogP) is 2.74. The van der Waals surface area contributed by atoms with Crippen molar-refractivity contribution in [3.05, 3.63) is 24.3 Å². The van der Waals surface area contributed by atoms with E-state index >= 15 is 0 Å². The Morgan fingerprint density at radius 2 is 1.90 bits per heavy atom. The average molecular weight is 417 g/mol. The fourth-order valence-corrected chi connectivity index (χ4v) is 3.82. The Bertz CT molecular complexity index is 797. The van der Waals surface area contributed by atoms with Crippen LogP contribution in [0.15, 0.2) is 24.3 Å². The van der Waals surface area contributed by atoms with Crippen LogP contribution in [0.5, 0.6) is 0 Å². The van der Waals surface area contributed by atoms with Crippen molar-refractivity contribution in [1.82, 2.24) is 10.2 Å². The average Bonchev–Trinajstić information content (AvgIpc) is 2.69. The lowest BCUT2D eigenvalue weighted by molar-refractivity contribution is -0.133. The van der Waals surface area contributed by atoms with Gasteiger partial charge in [-0.2, -0.15) is 0 Å². The lowest BCUT2D eigenvalue weighted by atomic mass is 10.0. The van der Waals surface area contributed by atoms with Gasteiger partial charge in [0.05, 0.1) is 0 Å². The molecule has 0 aliphatic carbocycles. The predicted molar refractivity (Wildman–Crippen MR) is 115 cm³/mol. The standard InChI is InChI=1S/C22H32N4O4/c1-22(2,3)30-21(29)25(4)16-10-12-26(13-11-16)17-7-5-6-15(14-17)23-18-8-9-19(27)24-20(18)28/h5-7,14,16,18,23H,8-13H2,1-4H3,(H,24,27,28). The van der Waals surface area contributed by atoms with E-state index in [1.165, 1.54) is 0 Å². The largest absolute Gasteiger partial charge is 0.444 e. The maximum atomic E-state index is 12.3. The Morgan fingerprint density at radius 3 is 2.53 bits per heavy atom. The van der Waals surface area contributed by atoms with Gasteiger partial charge in [0, 0.05) is 44.0 Å². The van der Waals surface area contributed by atoms with Crippen molar-refractivity contribution in [2.45, 2.75) is 64.1 Å². The molecule has 2 aliphatic heterocycles. The smallest absolute Gasteiger partial charge is 0.410 e. The summed E-state index contributed by atoms with van der Waals surface area (Å²) in [7, 11) is 1.80. The number of rotatable bonds is 4. The van der Waals surface area contributed by atoms with Crippen LogP contribution in [0.25, 0.3) is 0 Å². The van der Waals surface area contributed by atoms with E-state index in [-0.39, 0.29) is 23.9 Å². The van der Waals surface area contributed by atoms with Crippen molar-refractivity contribution in [2.75, 3.05) is 30.4 Å². The van der Waals surface area contributed by atoms with Crippen molar-refractivity contribution in [3.63, 3.8) is 0 Å². The van der Waals surface area contributed by atoms with Gasteiger partial charge in [0.2, 0.25) is 11.8 Å². The summed E-state index contributed by atoms with van der Waals surface area (Å²) in [4.78, 5) is 39.6. The zero-order chi connectivity index (χ0) is 21.9. The second-order valence-electron chi connectivity index (χ2n) is 9.01. The molecule has 8 nitrogen and oxygen atoms in total. The van der Waals surface area contributed by atoms with Crippen LogP contribution in [0.3, 0.4) is 0 Å². The molecule has 0 bridgehead atoms. The van der Waals surface area contributed by atoms with Crippen molar-refractivity contribution < 1.29 is 19.1 Å². The fraction of sp³-hybridized carbons (Fsp3) is 0.591. The summed E-state index contributed by atoms with van der Waals surface area (Å²) in [6.07, 6.45) is 2.29. The Labute approximate surface area is 177 Å². The number of hydrogen-bond donors (Lipinski definition) is 2. The molecule has 30 heavy (non-hydrogen) atoms. The van der Waals surface area contributed by atoms with Gasteiger partial charge in [0.1, 0.15) is 11.6 Å². The van der Waals surface area contributed by atoms with Crippen molar-refractivity contribution in [3.8, 4) is 0 Å². The highest BCUT2D eigenvalue weighted by Crippen LogP contribution is 2.26. The summed E-state index contributed by atoms with van der Waals surface area (Å²) in [5.74, 6) is -0.492. The molecule has 0 radical (unpaired) electrons. The molecule has 8 heteroatoms. The lowest BCUT2D eigenvalue weighted by Crippen LogP contribution is -2.47. The molecule has 1 aromatic carbocycles. The van der Waals surface area contributed by atoms with Crippen molar-refractivity contribution >= 4 is 29.3 Å². The third-order valence-corrected chi connectivity index (χ3v) is 5.49. The van der Waals surface area contributed by atoms with Crippen LogP contribution in [0.1, 0.15) is 46.5 Å². The number of piperidine rings is 2. The summed E-state index contributed by atoms with van der Waals surface area (Å²) in [5.41, 5.74) is 1.43. The van der Waals surface area contributed by atoms with Crippen LogP contribution >= 0.6 is 0 Å². The first kappa shape index (κ1) is 21.9. The molecule has 2 heterocycles. The molecule has 0 aromatic heterocycles. The van der Waals surface area contributed by atoms with E-state index in [1.807, 2.05) is 45.0 Å². The number of ether oxygens (including phenoxy) is 1. The molecule has 1 atom stereocenters. The quantitative estimate of drug-likeness (QED) is 0.734. The molecular weight excluding hydrogens is 384 g/mol. The monoisotopic (exact) mass is 416 g/mol. The highest BCUT2D eigenvalue weighted by Gasteiger charge is 2.29. The molecule has 0 saturated carbocycles. The highest BCUT2D eigenvalue weighted by atomic mass is 16.6. The van der Waals surface area contributed by atoms with Crippen LogP contribution in [-0.2, 0) is 14.3 Å². The van der Waals surface area contributed by atoms with Gasteiger partial charge in [-0.1, -0.05) is 6.07 Å². The van der Waals surface area contributed by atoms with Crippen LogP contribution in [0.2, 0.25) is 0 Å². The number of hydrogen-bond acceptors (Lipinski definition) is 6. The second kappa shape index (κ2) is 8.93. The summed E-state index contributed by atoms with van der Waals surface area (Å²) >= 11 is 0. The summed E-state index contributed by atoms with van der Waals surface area (Å²) < 4.78 is 5.48. The highest BCUT2D eigenvalue weighted by molar-refractivity contribution is 6.01. The second-order valence-corrected chi connectivity index (χ2v) is 9.01. The molecule has 2 aliphatic rings. The Morgan fingerprint density at radius 1 is 1.20 bits per heavy atom. The van der Waals surface area contributed by atoms with Gasteiger partial charge in [0.25, 0.3) is 0 Å². The van der Waals surface area contributed by atoms with Crippen LogP contribution < -0.4 is 15.5 Å². The number of carbonyl (C=O) groups is 3. The van der Waals surface area contributed by atoms with Gasteiger partial charge in [-0.3, -0.25) is 14.9 Å². The van der Waals surface area contributed by atoms with Gasteiger partial charge < -0.3 is 19.9 Å². The van der Waals surface area contributed by atoms with Gasteiger partial charge in [0.15, 0.2) is 0 Å². The molecule has 2 saturated heterocycles. The maximum Gasteiger partial charge on any atom is 0.410 e. The SMILES string of the molecule is CN(C(=O)OC(C)(C)C)C1CCN(c2cccc(NC3CCC(=O)NC3=O)c2)CC1. The van der Waals surface area contributed by atoms with E-state index in [2.05, 4.69) is 15.5 Å². The minimum absolute atomic E-state index is 0.154. The van der Waals surface area contributed by atoms with E-state index in [0.29, 0.717) is 12.8 Å². The molecule has 1 aromatic rings. The minimum Gasteiger partial charge on any atom is -0.444 e. The van der Waals surface area contributed by atoms with Crippen molar-refractivity contribution in [1.29, 1.82) is 0 Å². The van der Waals surface area contributed by atoms with Gasteiger partial charge in [-0.25, -0.2) is 4.79 Å². The molecule has 3 rings (SSSR count). The first-order valence-corrected chi connectivity index (χ1v) is 10.5. The topological polar surface area (TPSA) is 91.0 Å². The molecule has 0 spiro atoms. The number of nitrogens with zero attached hydrogens (tertiary/aromatic N) is 2. The third-order valence-electron chi connectivity index (χ3n) is 5.49. The molecule has 2 N–H and O–H groups in total. The number of carbonyl (C=O) groups excluding carboxylic acids is 3. The Kier molecular flexibility index (Phi) is 6.53. The van der Waals surface area contributed by atoms with E-state index in [0.717, 1.165) is 37.3 Å². The number of anilines is 2. The van der Waals surface area contributed by atoms with Gasteiger partial charge in [-0.15, -0.1) is 0 Å². The number of amides is 3. The van der Waals surface area contributed by atoms with Gasteiger partial charge >= 0.3 is 6.09 Å².